The van der Waals surface area contributed by atoms with Gasteiger partial charge in [-0.05, 0) is 43.5 Å². The molecule has 0 spiro atoms. The monoisotopic (exact) mass is 397 g/mol. The highest BCUT2D eigenvalue weighted by Crippen LogP contribution is 2.32. The first-order chi connectivity index (χ1) is 14.0. The summed E-state index contributed by atoms with van der Waals surface area (Å²) in [7, 11) is 0. The summed E-state index contributed by atoms with van der Waals surface area (Å²) in [6, 6.07) is 10.2. The average Bonchev–Trinajstić information content (AvgIpc) is 2.72. The van der Waals surface area contributed by atoms with E-state index in [1.807, 2.05) is 71.9 Å². The minimum Gasteiger partial charge on any atom is -0.458 e. The maximum absolute atomic E-state index is 11.5. The zero-order chi connectivity index (χ0) is 22.0. The number of aliphatic hydroxyl groups is 1. The number of carbonyl (C=O) groups is 1. The predicted octanol–water partition coefficient (Wildman–Crippen LogP) is 5.81. The minimum absolute atomic E-state index is 0.0732. The average molecular weight is 398 g/mol. The van der Waals surface area contributed by atoms with Crippen molar-refractivity contribution in [2.24, 2.45) is 0 Å². The van der Waals surface area contributed by atoms with Gasteiger partial charge in [-0.1, -0.05) is 64.1 Å². The third-order valence-electron chi connectivity index (χ3n) is 4.64. The van der Waals surface area contributed by atoms with Crippen molar-refractivity contribution in [3.63, 3.8) is 0 Å². The lowest BCUT2D eigenvalue weighted by Gasteiger charge is -2.23. The first-order valence-electron chi connectivity index (χ1n) is 10.5. The lowest BCUT2D eigenvalue weighted by atomic mass is 9.92. The maximum Gasteiger partial charge on any atom is 0.309 e. The van der Waals surface area contributed by atoms with E-state index in [-0.39, 0.29) is 12.4 Å². The van der Waals surface area contributed by atoms with E-state index in [4.69, 9.17) is 4.74 Å². The topological polar surface area (TPSA) is 59.4 Å². The first-order valence-corrected chi connectivity index (χ1v) is 10.5. The number of aromatic nitrogens is 1. The molecule has 2 heterocycles. The summed E-state index contributed by atoms with van der Waals surface area (Å²) in [6.07, 6.45) is 3.28. The molecule has 1 N–H and O–H groups in total. The van der Waals surface area contributed by atoms with Gasteiger partial charge in [0.2, 0.25) is 0 Å². The molecule has 4 heteroatoms. The van der Waals surface area contributed by atoms with Gasteiger partial charge in [-0.3, -0.25) is 9.78 Å². The van der Waals surface area contributed by atoms with Gasteiger partial charge in [0.05, 0.1) is 12.5 Å². The molecule has 1 aromatic heterocycles. The molecule has 2 atom stereocenters. The van der Waals surface area contributed by atoms with Gasteiger partial charge in [-0.25, -0.2) is 0 Å². The number of nitrogens with zero attached hydrogens (tertiary/aromatic N) is 1. The molecule has 3 rings (SSSR count). The second kappa shape index (κ2) is 12.2. The van der Waals surface area contributed by atoms with Crippen molar-refractivity contribution in [2.45, 2.75) is 73.5 Å². The van der Waals surface area contributed by atoms with Crippen LogP contribution in [0.1, 0.15) is 63.1 Å². The molecule has 2 unspecified atom stereocenters. The van der Waals surface area contributed by atoms with E-state index in [0.717, 1.165) is 33.6 Å². The van der Waals surface area contributed by atoms with Crippen LogP contribution in [0.4, 0.5) is 0 Å². The fourth-order valence-corrected chi connectivity index (χ4v) is 3.27. The van der Waals surface area contributed by atoms with E-state index < -0.39 is 12.2 Å². The lowest BCUT2D eigenvalue weighted by molar-refractivity contribution is -0.156. The number of pyridine rings is 1. The van der Waals surface area contributed by atoms with Crippen LogP contribution >= 0.6 is 0 Å². The van der Waals surface area contributed by atoms with Crippen LogP contribution in [0.25, 0.3) is 17.2 Å². The van der Waals surface area contributed by atoms with Crippen LogP contribution in [0, 0.1) is 20.8 Å². The third kappa shape index (κ3) is 6.53. The van der Waals surface area contributed by atoms with Crippen molar-refractivity contribution in [3.05, 3.63) is 58.9 Å². The molecule has 158 valence electrons. The SMILES string of the molecule is CC.CC.Cc1nc(C)c(/C=C/C2CC(O)CC(=O)O2)c(-c2ccccc2)c1C. The van der Waals surface area contributed by atoms with Crippen molar-refractivity contribution in [1.29, 1.82) is 0 Å². The van der Waals surface area contributed by atoms with E-state index in [1.54, 1.807) is 0 Å². The van der Waals surface area contributed by atoms with Crippen LogP contribution in [0.3, 0.4) is 0 Å². The second-order valence-corrected chi connectivity index (χ2v) is 6.54. The highest BCUT2D eigenvalue weighted by molar-refractivity contribution is 5.80. The number of benzene rings is 1. The summed E-state index contributed by atoms with van der Waals surface area (Å²) in [5.74, 6) is -0.355. The van der Waals surface area contributed by atoms with E-state index >= 15 is 0 Å². The van der Waals surface area contributed by atoms with Gasteiger partial charge >= 0.3 is 5.97 Å². The van der Waals surface area contributed by atoms with Crippen LogP contribution in [-0.2, 0) is 9.53 Å². The quantitative estimate of drug-likeness (QED) is 0.664. The van der Waals surface area contributed by atoms with Crippen molar-refractivity contribution in [3.8, 4) is 11.1 Å². The van der Waals surface area contributed by atoms with Gasteiger partial charge in [0, 0.05) is 23.4 Å². The summed E-state index contributed by atoms with van der Waals surface area (Å²) < 4.78 is 5.31. The van der Waals surface area contributed by atoms with Crippen LogP contribution < -0.4 is 0 Å². The van der Waals surface area contributed by atoms with Gasteiger partial charge in [-0.2, -0.15) is 0 Å². The fraction of sp³-hybridized carbons (Fsp3) is 0.440. The largest absolute Gasteiger partial charge is 0.458 e. The second-order valence-electron chi connectivity index (χ2n) is 6.54. The van der Waals surface area contributed by atoms with Crippen LogP contribution in [0.5, 0.6) is 0 Å². The third-order valence-corrected chi connectivity index (χ3v) is 4.64. The summed E-state index contributed by atoms with van der Waals surface area (Å²) in [5.41, 5.74) is 6.37. The van der Waals surface area contributed by atoms with Gasteiger partial charge in [0.15, 0.2) is 0 Å². The van der Waals surface area contributed by atoms with Gasteiger partial charge in [-0.15, -0.1) is 0 Å². The van der Waals surface area contributed by atoms with Crippen molar-refractivity contribution < 1.29 is 14.6 Å². The molecule has 4 nitrogen and oxygen atoms in total. The Hall–Kier alpha value is -2.46. The van der Waals surface area contributed by atoms with E-state index in [2.05, 4.69) is 24.0 Å². The summed E-state index contributed by atoms with van der Waals surface area (Å²) in [6.45, 7) is 14.1. The van der Waals surface area contributed by atoms with E-state index in [1.165, 1.54) is 0 Å². The highest BCUT2D eigenvalue weighted by atomic mass is 16.5. The summed E-state index contributed by atoms with van der Waals surface area (Å²) in [5, 5.41) is 9.77. The van der Waals surface area contributed by atoms with E-state index in [0.29, 0.717) is 6.42 Å². The number of ether oxygens (including phenoxy) is 1. The molecule has 2 aromatic rings. The van der Waals surface area contributed by atoms with Crippen LogP contribution in [0.2, 0.25) is 0 Å². The Labute approximate surface area is 175 Å². The highest BCUT2D eigenvalue weighted by Gasteiger charge is 2.25. The molecule has 0 saturated carbocycles. The predicted molar refractivity (Wildman–Crippen MR) is 121 cm³/mol. The van der Waals surface area contributed by atoms with Gasteiger partial charge < -0.3 is 9.84 Å². The Balaban J connectivity index is 0.000000989. The first kappa shape index (κ1) is 24.6. The summed E-state index contributed by atoms with van der Waals surface area (Å²) in [4.78, 5) is 16.2. The van der Waals surface area contributed by atoms with Gasteiger partial charge in [0.25, 0.3) is 0 Å². The van der Waals surface area contributed by atoms with Crippen LogP contribution in [-0.4, -0.2) is 28.3 Å². The van der Waals surface area contributed by atoms with Gasteiger partial charge in [0.1, 0.15) is 6.10 Å². The van der Waals surface area contributed by atoms with Crippen molar-refractivity contribution in [1.82, 2.24) is 4.98 Å². The number of cyclic esters (lactones) is 1. The zero-order valence-corrected chi connectivity index (χ0v) is 18.8. The molecule has 1 aliphatic heterocycles. The number of aryl methyl sites for hydroxylation is 2. The number of aliphatic hydroxyl groups excluding tert-OH is 1. The Morgan fingerprint density at radius 1 is 1.03 bits per heavy atom. The Morgan fingerprint density at radius 2 is 1.66 bits per heavy atom. The lowest BCUT2D eigenvalue weighted by Crippen LogP contribution is -2.31. The summed E-state index contributed by atoms with van der Waals surface area (Å²) >= 11 is 0. The standard InChI is InChI=1S/C21H23NO3.2C2H6/c1-13-14(2)22-15(3)19(21(13)16-7-5-4-6-8-16)10-9-18-11-17(23)12-20(24)25-18;2*1-2/h4-10,17-18,23H,11-12H2,1-3H3;2*1-2H3/b10-9+;;. The molecule has 1 aromatic carbocycles. The fourth-order valence-electron chi connectivity index (χ4n) is 3.27. The van der Waals surface area contributed by atoms with Crippen molar-refractivity contribution in [2.75, 3.05) is 0 Å². The molecule has 1 saturated heterocycles. The molecule has 0 amide bonds. The van der Waals surface area contributed by atoms with E-state index in [9.17, 15) is 9.90 Å². The number of hydrogen-bond acceptors (Lipinski definition) is 4. The minimum atomic E-state index is -0.636. The molecular formula is C25H35NO3. The van der Waals surface area contributed by atoms with Crippen molar-refractivity contribution >= 4 is 12.0 Å². The molecule has 1 fully saturated rings. The molecule has 0 radical (unpaired) electrons. The molecule has 0 aliphatic carbocycles. The maximum atomic E-state index is 11.5. The normalized spacial score (nSPS) is 18.3. The molecule has 29 heavy (non-hydrogen) atoms. The number of esters is 1. The number of rotatable bonds is 3. The number of carbonyl (C=O) groups excluding carboxylic acids is 1. The number of hydrogen-bond donors (Lipinski definition) is 1. The molecule has 1 aliphatic rings. The smallest absolute Gasteiger partial charge is 0.309 e. The zero-order valence-electron chi connectivity index (χ0n) is 18.8. The Kier molecular flexibility index (Phi) is 10.3. The Bertz CT molecular complexity index is 813. The Morgan fingerprint density at radius 3 is 2.24 bits per heavy atom. The molecular weight excluding hydrogens is 362 g/mol. The van der Waals surface area contributed by atoms with Crippen LogP contribution in [0.15, 0.2) is 36.4 Å². The molecule has 0 bridgehead atoms.